The van der Waals surface area contributed by atoms with Crippen molar-refractivity contribution in [1.29, 1.82) is 0 Å². The van der Waals surface area contributed by atoms with E-state index in [1.807, 2.05) is 24.3 Å². The molecule has 1 fully saturated rings. The van der Waals surface area contributed by atoms with Crippen LogP contribution in [0.1, 0.15) is 43.0 Å². The van der Waals surface area contributed by atoms with Crippen molar-refractivity contribution >= 4 is 32.5 Å². The molecule has 2 heteroatoms. The van der Waals surface area contributed by atoms with E-state index >= 15 is 0 Å². The summed E-state index contributed by atoms with van der Waals surface area (Å²) in [7, 11) is 0. The third kappa shape index (κ3) is 2.54. The number of hydrogen-bond donors (Lipinski definition) is 0. The van der Waals surface area contributed by atoms with Gasteiger partial charge in [0, 0.05) is 16.0 Å². The van der Waals surface area contributed by atoms with Crippen molar-refractivity contribution in [2.75, 3.05) is 0 Å². The molecule has 0 heterocycles. The molecule has 0 saturated heterocycles. The van der Waals surface area contributed by atoms with Crippen LogP contribution in [0.4, 0.5) is 0 Å². The van der Waals surface area contributed by atoms with E-state index in [1.165, 1.54) is 12.8 Å². The standard InChI is InChI=1S/C18H19BrO/c1-12-6-8-13(9-7-12)18(20)16-10-11-17(19)15-5-3-2-4-14(15)16/h2-5,10-13H,6-9H2,1H3. The Bertz CT molecular complexity index is 639. The number of carbonyl (C=O) groups is 1. The maximum atomic E-state index is 12.8. The van der Waals surface area contributed by atoms with E-state index in [4.69, 9.17) is 0 Å². The molecule has 0 radical (unpaired) electrons. The molecule has 104 valence electrons. The Hall–Kier alpha value is -1.15. The van der Waals surface area contributed by atoms with Crippen LogP contribution in [-0.2, 0) is 0 Å². The Kier molecular flexibility index (Phi) is 3.93. The molecule has 0 spiro atoms. The van der Waals surface area contributed by atoms with Crippen molar-refractivity contribution in [3.8, 4) is 0 Å². The molecule has 0 aliphatic heterocycles. The van der Waals surface area contributed by atoms with Crippen LogP contribution >= 0.6 is 15.9 Å². The van der Waals surface area contributed by atoms with Gasteiger partial charge in [-0.15, -0.1) is 0 Å². The van der Waals surface area contributed by atoms with Gasteiger partial charge in [0.1, 0.15) is 0 Å². The molecule has 1 nitrogen and oxygen atoms in total. The number of rotatable bonds is 2. The van der Waals surface area contributed by atoms with E-state index in [9.17, 15) is 4.79 Å². The van der Waals surface area contributed by atoms with E-state index in [2.05, 4.69) is 35.0 Å². The lowest BCUT2D eigenvalue weighted by Gasteiger charge is -2.25. The number of ketones is 1. The van der Waals surface area contributed by atoms with Crippen molar-refractivity contribution in [3.63, 3.8) is 0 Å². The SMILES string of the molecule is CC1CCC(C(=O)c2ccc(Br)c3ccccc23)CC1. The summed E-state index contributed by atoms with van der Waals surface area (Å²) in [6.45, 7) is 2.29. The topological polar surface area (TPSA) is 17.1 Å². The smallest absolute Gasteiger partial charge is 0.166 e. The highest BCUT2D eigenvalue weighted by molar-refractivity contribution is 9.10. The molecular formula is C18H19BrO. The zero-order chi connectivity index (χ0) is 14.1. The summed E-state index contributed by atoms with van der Waals surface area (Å²) in [6, 6.07) is 12.1. The summed E-state index contributed by atoms with van der Waals surface area (Å²) in [5.74, 6) is 1.33. The summed E-state index contributed by atoms with van der Waals surface area (Å²) in [6.07, 6.45) is 4.46. The zero-order valence-corrected chi connectivity index (χ0v) is 13.3. The van der Waals surface area contributed by atoms with Crippen molar-refractivity contribution < 1.29 is 4.79 Å². The first-order chi connectivity index (χ1) is 9.66. The molecule has 0 aromatic heterocycles. The highest BCUT2D eigenvalue weighted by Gasteiger charge is 2.26. The van der Waals surface area contributed by atoms with Crippen LogP contribution < -0.4 is 0 Å². The van der Waals surface area contributed by atoms with Gasteiger partial charge in [-0.2, -0.15) is 0 Å². The Balaban J connectivity index is 1.98. The van der Waals surface area contributed by atoms with E-state index < -0.39 is 0 Å². The highest BCUT2D eigenvalue weighted by Crippen LogP contribution is 2.34. The van der Waals surface area contributed by atoms with Gasteiger partial charge in [-0.3, -0.25) is 4.79 Å². The fourth-order valence-corrected chi connectivity index (χ4v) is 3.70. The zero-order valence-electron chi connectivity index (χ0n) is 11.7. The Morgan fingerprint density at radius 1 is 1.00 bits per heavy atom. The van der Waals surface area contributed by atoms with Crippen molar-refractivity contribution in [1.82, 2.24) is 0 Å². The molecule has 2 aromatic rings. The number of fused-ring (bicyclic) bond motifs is 1. The van der Waals surface area contributed by atoms with Gasteiger partial charge >= 0.3 is 0 Å². The Morgan fingerprint density at radius 2 is 1.65 bits per heavy atom. The van der Waals surface area contributed by atoms with Crippen LogP contribution in [0.5, 0.6) is 0 Å². The predicted octanol–water partition coefficient (Wildman–Crippen LogP) is 5.61. The largest absolute Gasteiger partial charge is 0.294 e. The predicted molar refractivity (Wildman–Crippen MR) is 87.1 cm³/mol. The Morgan fingerprint density at radius 3 is 2.35 bits per heavy atom. The van der Waals surface area contributed by atoms with Gasteiger partial charge in [-0.1, -0.05) is 60.0 Å². The molecule has 0 bridgehead atoms. The van der Waals surface area contributed by atoms with Crippen molar-refractivity contribution in [2.24, 2.45) is 11.8 Å². The fourth-order valence-electron chi connectivity index (χ4n) is 3.22. The normalized spacial score (nSPS) is 22.9. The monoisotopic (exact) mass is 330 g/mol. The van der Waals surface area contributed by atoms with Gasteiger partial charge in [-0.25, -0.2) is 0 Å². The molecule has 0 unspecified atom stereocenters. The van der Waals surface area contributed by atoms with E-state index in [0.717, 1.165) is 39.6 Å². The quantitative estimate of drug-likeness (QED) is 0.654. The lowest BCUT2D eigenvalue weighted by molar-refractivity contribution is 0.0877. The second-order valence-corrected chi connectivity index (χ2v) is 6.82. The first-order valence-electron chi connectivity index (χ1n) is 7.38. The number of halogens is 1. The average molecular weight is 331 g/mol. The Labute approximate surface area is 128 Å². The van der Waals surface area contributed by atoms with Crippen LogP contribution in [0.3, 0.4) is 0 Å². The van der Waals surface area contributed by atoms with Crippen LogP contribution in [-0.4, -0.2) is 5.78 Å². The van der Waals surface area contributed by atoms with Gasteiger partial charge in [0.15, 0.2) is 5.78 Å². The van der Waals surface area contributed by atoms with Gasteiger partial charge < -0.3 is 0 Å². The van der Waals surface area contributed by atoms with E-state index in [-0.39, 0.29) is 5.92 Å². The minimum absolute atomic E-state index is 0.218. The summed E-state index contributed by atoms with van der Waals surface area (Å²) in [5, 5.41) is 2.20. The van der Waals surface area contributed by atoms with Crippen LogP contribution in [0.2, 0.25) is 0 Å². The summed E-state index contributed by atoms with van der Waals surface area (Å²) in [4.78, 5) is 12.8. The lowest BCUT2D eigenvalue weighted by atomic mass is 9.79. The van der Waals surface area contributed by atoms with Gasteiger partial charge in [-0.05, 0) is 41.7 Å². The third-order valence-corrected chi connectivity index (χ3v) is 5.21. The molecule has 3 rings (SSSR count). The van der Waals surface area contributed by atoms with E-state index in [1.54, 1.807) is 0 Å². The number of hydrogen-bond acceptors (Lipinski definition) is 1. The molecule has 1 aliphatic rings. The second kappa shape index (κ2) is 5.69. The summed E-state index contributed by atoms with van der Waals surface area (Å²) < 4.78 is 1.06. The van der Waals surface area contributed by atoms with Gasteiger partial charge in [0.05, 0.1) is 0 Å². The molecule has 1 aliphatic carbocycles. The van der Waals surface area contributed by atoms with Crippen LogP contribution in [0, 0.1) is 11.8 Å². The van der Waals surface area contributed by atoms with Gasteiger partial charge in [0.2, 0.25) is 0 Å². The first-order valence-corrected chi connectivity index (χ1v) is 8.17. The third-order valence-electron chi connectivity index (χ3n) is 4.52. The molecule has 0 atom stereocenters. The molecule has 1 saturated carbocycles. The van der Waals surface area contributed by atoms with Crippen molar-refractivity contribution in [3.05, 3.63) is 46.4 Å². The second-order valence-electron chi connectivity index (χ2n) is 5.96. The molecular weight excluding hydrogens is 312 g/mol. The summed E-state index contributed by atoms with van der Waals surface area (Å²) >= 11 is 3.57. The van der Waals surface area contributed by atoms with Crippen molar-refractivity contribution in [2.45, 2.75) is 32.6 Å². The fraction of sp³-hybridized carbons (Fsp3) is 0.389. The minimum atomic E-state index is 0.218. The number of carbonyl (C=O) groups excluding carboxylic acids is 1. The average Bonchev–Trinajstić information content (AvgIpc) is 2.48. The molecule has 2 aromatic carbocycles. The maximum absolute atomic E-state index is 12.8. The lowest BCUT2D eigenvalue weighted by Crippen LogP contribution is -2.21. The summed E-state index contributed by atoms with van der Waals surface area (Å²) in [5.41, 5.74) is 0.892. The molecule has 0 N–H and O–H groups in total. The van der Waals surface area contributed by atoms with Crippen LogP contribution in [0.15, 0.2) is 40.9 Å². The molecule has 20 heavy (non-hydrogen) atoms. The number of benzene rings is 2. The van der Waals surface area contributed by atoms with Gasteiger partial charge in [0.25, 0.3) is 0 Å². The minimum Gasteiger partial charge on any atom is -0.294 e. The first kappa shape index (κ1) is 13.8. The maximum Gasteiger partial charge on any atom is 0.166 e. The highest BCUT2D eigenvalue weighted by atomic mass is 79.9. The number of Topliss-reactive ketones (excluding diaryl/α,β-unsaturated/α-hetero) is 1. The molecule has 0 amide bonds. The van der Waals surface area contributed by atoms with E-state index in [0.29, 0.717) is 5.78 Å². The van der Waals surface area contributed by atoms with Crippen LogP contribution in [0.25, 0.3) is 10.8 Å².